The number of hydrogen-bond donors (Lipinski definition) is 2. The van der Waals surface area contributed by atoms with Crippen molar-refractivity contribution in [1.82, 2.24) is 5.32 Å². The molecular weight excluding hydrogens is 270 g/mol. The van der Waals surface area contributed by atoms with Crippen LogP contribution in [0.1, 0.15) is 36.8 Å². The lowest BCUT2D eigenvalue weighted by Crippen LogP contribution is -2.45. The third-order valence-corrected chi connectivity index (χ3v) is 4.94. The monoisotopic (exact) mass is 293 g/mol. The molecule has 0 bridgehead atoms. The third-order valence-electron chi connectivity index (χ3n) is 3.78. The van der Waals surface area contributed by atoms with Crippen LogP contribution in [0.15, 0.2) is 23.1 Å². The highest BCUT2D eigenvalue weighted by atomic mass is 32.2. The summed E-state index contributed by atoms with van der Waals surface area (Å²) in [6.45, 7) is 4.12. The molecule has 1 saturated carbocycles. The number of rotatable bonds is 4. The molecule has 20 heavy (non-hydrogen) atoms. The maximum Gasteiger partial charge on any atom is 0.230 e. The number of carbonyl (C=O) groups is 1. The van der Waals surface area contributed by atoms with E-state index in [0.717, 1.165) is 30.6 Å². The molecule has 0 heterocycles. The molecule has 0 spiro atoms. The van der Waals surface area contributed by atoms with Crippen molar-refractivity contribution in [3.63, 3.8) is 0 Å². The van der Waals surface area contributed by atoms with Gasteiger partial charge in [0.1, 0.15) is 0 Å². The van der Waals surface area contributed by atoms with E-state index >= 15 is 0 Å². The van der Waals surface area contributed by atoms with Gasteiger partial charge in [-0.2, -0.15) is 0 Å². The maximum atomic E-state index is 12.0. The number of carbonyl (C=O) groups excluding carboxylic acids is 1. The van der Waals surface area contributed by atoms with E-state index in [0.29, 0.717) is 5.75 Å². The summed E-state index contributed by atoms with van der Waals surface area (Å²) < 4.78 is 0. The largest absolute Gasteiger partial charge is 0.391 e. The zero-order valence-electron chi connectivity index (χ0n) is 12.2. The lowest BCUT2D eigenvalue weighted by molar-refractivity contribution is -0.120. The first kappa shape index (κ1) is 15.4. The molecule has 3 nitrogen and oxygen atoms in total. The molecule has 1 aromatic rings. The minimum absolute atomic E-state index is 0.0156. The fourth-order valence-electron chi connectivity index (χ4n) is 2.53. The summed E-state index contributed by atoms with van der Waals surface area (Å²) >= 11 is 1.57. The van der Waals surface area contributed by atoms with Gasteiger partial charge in [0.05, 0.1) is 17.9 Å². The molecule has 0 aromatic heterocycles. The van der Waals surface area contributed by atoms with E-state index in [2.05, 4.69) is 37.4 Å². The quantitative estimate of drug-likeness (QED) is 0.839. The van der Waals surface area contributed by atoms with E-state index in [1.807, 2.05) is 0 Å². The van der Waals surface area contributed by atoms with Gasteiger partial charge in [0.15, 0.2) is 0 Å². The fourth-order valence-corrected chi connectivity index (χ4v) is 3.47. The summed E-state index contributed by atoms with van der Waals surface area (Å²) in [5, 5.41) is 12.8. The van der Waals surface area contributed by atoms with E-state index in [4.69, 9.17) is 0 Å². The van der Waals surface area contributed by atoms with Gasteiger partial charge in [-0.15, -0.1) is 11.8 Å². The Morgan fingerprint density at radius 1 is 1.35 bits per heavy atom. The molecule has 2 atom stereocenters. The second-order valence-corrected chi connectivity index (χ2v) is 6.60. The van der Waals surface area contributed by atoms with Gasteiger partial charge in [-0.05, 0) is 38.3 Å². The number of aryl methyl sites for hydroxylation is 2. The first-order valence-corrected chi connectivity index (χ1v) is 8.22. The first-order chi connectivity index (χ1) is 9.56. The first-order valence-electron chi connectivity index (χ1n) is 7.24. The zero-order chi connectivity index (χ0) is 14.5. The van der Waals surface area contributed by atoms with Gasteiger partial charge in [-0.25, -0.2) is 0 Å². The Morgan fingerprint density at radius 2 is 2.10 bits per heavy atom. The van der Waals surface area contributed by atoms with Crippen molar-refractivity contribution < 1.29 is 9.90 Å². The highest BCUT2D eigenvalue weighted by molar-refractivity contribution is 8.00. The molecule has 110 valence electrons. The Bertz CT molecular complexity index is 476. The van der Waals surface area contributed by atoms with Crippen molar-refractivity contribution in [2.24, 2.45) is 0 Å². The number of aliphatic hydroxyl groups excluding tert-OH is 1. The molecule has 1 aliphatic carbocycles. The molecule has 1 fully saturated rings. The summed E-state index contributed by atoms with van der Waals surface area (Å²) in [7, 11) is 0. The van der Waals surface area contributed by atoms with Crippen LogP contribution >= 0.6 is 11.8 Å². The van der Waals surface area contributed by atoms with Crippen molar-refractivity contribution in [2.45, 2.75) is 56.6 Å². The number of nitrogens with one attached hydrogen (secondary N) is 1. The van der Waals surface area contributed by atoms with Crippen LogP contribution in [0, 0.1) is 13.8 Å². The van der Waals surface area contributed by atoms with Crippen LogP contribution in [-0.4, -0.2) is 28.9 Å². The minimum Gasteiger partial charge on any atom is -0.391 e. The predicted molar refractivity (Wildman–Crippen MR) is 83.0 cm³/mol. The van der Waals surface area contributed by atoms with Crippen LogP contribution in [0.25, 0.3) is 0 Å². The number of amides is 1. The molecule has 0 aliphatic heterocycles. The highest BCUT2D eigenvalue weighted by Gasteiger charge is 2.24. The summed E-state index contributed by atoms with van der Waals surface area (Å²) in [4.78, 5) is 13.1. The Balaban J connectivity index is 1.84. The standard InChI is InChI=1S/C16H23NO2S/c1-11-7-8-12(2)15(9-11)20-10-16(19)17-13-5-3-4-6-14(13)18/h7-9,13-14,18H,3-6,10H2,1-2H3,(H,17,19)/t13-,14-/m1/s1. The second kappa shape index (κ2) is 7.14. The number of aliphatic hydroxyl groups is 1. The van der Waals surface area contributed by atoms with Gasteiger partial charge < -0.3 is 10.4 Å². The maximum absolute atomic E-state index is 12.0. The summed E-state index contributed by atoms with van der Waals surface area (Å²) in [6.07, 6.45) is 3.46. The molecule has 4 heteroatoms. The number of thioether (sulfide) groups is 1. The minimum atomic E-state index is -0.376. The molecule has 1 aliphatic rings. The fraction of sp³-hybridized carbons (Fsp3) is 0.562. The topological polar surface area (TPSA) is 49.3 Å². The average Bonchev–Trinajstić information content (AvgIpc) is 2.42. The second-order valence-electron chi connectivity index (χ2n) is 5.58. The van der Waals surface area contributed by atoms with E-state index in [1.54, 1.807) is 11.8 Å². The molecule has 2 rings (SSSR count). The van der Waals surface area contributed by atoms with Gasteiger partial charge in [0.2, 0.25) is 5.91 Å². The SMILES string of the molecule is Cc1ccc(C)c(SCC(=O)N[C@@H]2CCCC[C@H]2O)c1. The van der Waals surface area contributed by atoms with Crippen LogP contribution in [0.3, 0.4) is 0 Å². The molecule has 1 aromatic carbocycles. The van der Waals surface area contributed by atoms with Gasteiger partial charge >= 0.3 is 0 Å². The van der Waals surface area contributed by atoms with Gasteiger partial charge in [0, 0.05) is 4.90 Å². The van der Waals surface area contributed by atoms with Gasteiger partial charge in [-0.3, -0.25) is 4.79 Å². The highest BCUT2D eigenvalue weighted by Crippen LogP contribution is 2.24. The van der Waals surface area contributed by atoms with Crippen LogP contribution in [0.4, 0.5) is 0 Å². The lowest BCUT2D eigenvalue weighted by Gasteiger charge is -2.28. The van der Waals surface area contributed by atoms with Gasteiger partial charge in [-0.1, -0.05) is 30.5 Å². The van der Waals surface area contributed by atoms with Crippen molar-refractivity contribution in [3.8, 4) is 0 Å². The summed E-state index contributed by atoms with van der Waals surface area (Å²) in [6, 6.07) is 6.22. The Morgan fingerprint density at radius 3 is 2.85 bits per heavy atom. The Hall–Kier alpha value is -1.00. The zero-order valence-corrected chi connectivity index (χ0v) is 13.0. The van der Waals surface area contributed by atoms with Crippen LogP contribution in [-0.2, 0) is 4.79 Å². The Kier molecular flexibility index (Phi) is 5.49. The van der Waals surface area contributed by atoms with E-state index in [1.165, 1.54) is 11.1 Å². The molecule has 2 N–H and O–H groups in total. The molecule has 0 saturated heterocycles. The molecular formula is C16H23NO2S. The van der Waals surface area contributed by atoms with Crippen LogP contribution < -0.4 is 5.32 Å². The van der Waals surface area contributed by atoms with Crippen LogP contribution in [0.5, 0.6) is 0 Å². The molecule has 1 amide bonds. The van der Waals surface area contributed by atoms with Crippen molar-refractivity contribution in [3.05, 3.63) is 29.3 Å². The average molecular weight is 293 g/mol. The normalized spacial score (nSPS) is 22.6. The third kappa shape index (κ3) is 4.25. The predicted octanol–water partition coefficient (Wildman–Crippen LogP) is 2.82. The van der Waals surface area contributed by atoms with Crippen molar-refractivity contribution in [1.29, 1.82) is 0 Å². The van der Waals surface area contributed by atoms with E-state index in [-0.39, 0.29) is 18.1 Å². The van der Waals surface area contributed by atoms with Gasteiger partial charge in [0.25, 0.3) is 0 Å². The van der Waals surface area contributed by atoms with E-state index < -0.39 is 0 Å². The molecule has 0 radical (unpaired) electrons. The number of hydrogen-bond acceptors (Lipinski definition) is 3. The lowest BCUT2D eigenvalue weighted by atomic mass is 9.93. The molecule has 0 unspecified atom stereocenters. The summed E-state index contributed by atoms with van der Waals surface area (Å²) in [5.41, 5.74) is 2.41. The van der Waals surface area contributed by atoms with Crippen molar-refractivity contribution >= 4 is 17.7 Å². The smallest absolute Gasteiger partial charge is 0.230 e. The van der Waals surface area contributed by atoms with Crippen LogP contribution in [0.2, 0.25) is 0 Å². The number of benzene rings is 1. The van der Waals surface area contributed by atoms with E-state index in [9.17, 15) is 9.90 Å². The Labute approximate surface area is 125 Å². The van der Waals surface area contributed by atoms with Crippen molar-refractivity contribution in [2.75, 3.05) is 5.75 Å². The summed E-state index contributed by atoms with van der Waals surface area (Å²) in [5.74, 6) is 0.426.